The molecule has 1 aromatic rings. The molecule has 1 heterocycles. The van der Waals surface area contributed by atoms with Gasteiger partial charge < -0.3 is 5.32 Å². The molecule has 0 saturated carbocycles. The van der Waals surface area contributed by atoms with Gasteiger partial charge in [0.25, 0.3) is 0 Å². The van der Waals surface area contributed by atoms with E-state index in [-0.39, 0.29) is 10.7 Å². The summed E-state index contributed by atoms with van der Waals surface area (Å²) in [4.78, 5) is -0.368. The first-order chi connectivity index (χ1) is 6.71. The number of hydrogen-bond acceptors (Lipinski definition) is 1. The van der Waals surface area contributed by atoms with Gasteiger partial charge in [-0.1, -0.05) is 12.1 Å². The molecule has 0 atom stereocenters. The summed E-state index contributed by atoms with van der Waals surface area (Å²) in [6.45, 7) is 1.81. The molecule has 0 aliphatic carbocycles. The summed E-state index contributed by atoms with van der Waals surface area (Å²) in [5, 5.41) is 3.25. The van der Waals surface area contributed by atoms with Gasteiger partial charge in [0.1, 0.15) is 5.82 Å². The molecule has 0 amide bonds. The van der Waals surface area contributed by atoms with Crippen LogP contribution in [0.15, 0.2) is 24.3 Å². The normalized spacial score (nSPS) is 20.7. The number of nitrogens with one attached hydrogen (secondary N) is 1. The maximum atomic E-state index is 13.0. The van der Waals surface area contributed by atoms with E-state index in [0.717, 1.165) is 31.5 Å². The maximum absolute atomic E-state index is 13.0. The zero-order valence-corrected chi connectivity index (χ0v) is 8.65. The molecule has 3 heteroatoms. The monoisotopic (exact) mass is 213 g/mol. The Bertz CT molecular complexity index is 321. The van der Waals surface area contributed by atoms with Crippen LogP contribution in [0.1, 0.15) is 18.4 Å². The van der Waals surface area contributed by atoms with Crippen molar-refractivity contribution >= 4 is 11.6 Å². The number of rotatable bonds is 1. The molecule has 76 valence electrons. The SMILES string of the molecule is Fc1cccc(C2(Cl)CCNCC2)c1. The molecule has 2 rings (SSSR count). The van der Waals surface area contributed by atoms with Crippen molar-refractivity contribution < 1.29 is 4.39 Å². The predicted molar refractivity (Wildman–Crippen MR) is 56.0 cm³/mol. The summed E-state index contributed by atoms with van der Waals surface area (Å²) in [5.74, 6) is -0.207. The third-order valence-corrected chi connectivity index (χ3v) is 3.33. The summed E-state index contributed by atoms with van der Waals surface area (Å²) in [6.07, 6.45) is 1.72. The van der Waals surface area contributed by atoms with Crippen LogP contribution in [0.4, 0.5) is 4.39 Å². The van der Waals surface area contributed by atoms with Crippen molar-refractivity contribution in [3.8, 4) is 0 Å². The van der Waals surface area contributed by atoms with Crippen LogP contribution in [0.2, 0.25) is 0 Å². The topological polar surface area (TPSA) is 12.0 Å². The second kappa shape index (κ2) is 3.87. The first kappa shape index (κ1) is 9.94. The molecule has 14 heavy (non-hydrogen) atoms. The van der Waals surface area contributed by atoms with Crippen LogP contribution >= 0.6 is 11.6 Å². The summed E-state index contributed by atoms with van der Waals surface area (Å²) < 4.78 is 13.0. The molecule has 0 bridgehead atoms. The van der Waals surface area contributed by atoms with Crippen LogP contribution in [-0.2, 0) is 4.87 Å². The Labute approximate surface area is 88.3 Å². The van der Waals surface area contributed by atoms with Gasteiger partial charge in [-0.25, -0.2) is 4.39 Å². The summed E-state index contributed by atoms with van der Waals surface area (Å²) in [5.41, 5.74) is 0.903. The van der Waals surface area contributed by atoms with Crippen LogP contribution in [0.5, 0.6) is 0 Å². The molecule has 0 aromatic heterocycles. The Hall–Kier alpha value is -0.600. The van der Waals surface area contributed by atoms with E-state index in [1.807, 2.05) is 6.07 Å². The Morgan fingerprint density at radius 2 is 2.00 bits per heavy atom. The van der Waals surface area contributed by atoms with Crippen LogP contribution in [0.3, 0.4) is 0 Å². The standard InChI is InChI=1S/C11H13ClFN/c12-11(4-6-14-7-5-11)9-2-1-3-10(13)8-9/h1-3,8,14H,4-7H2. The van der Waals surface area contributed by atoms with Gasteiger partial charge in [-0.15, -0.1) is 11.6 Å². The van der Waals surface area contributed by atoms with E-state index in [1.54, 1.807) is 12.1 Å². The Balaban J connectivity index is 2.28. The van der Waals surface area contributed by atoms with Crippen LogP contribution in [0, 0.1) is 5.82 Å². The fraction of sp³-hybridized carbons (Fsp3) is 0.455. The highest BCUT2D eigenvalue weighted by Gasteiger charge is 2.31. The van der Waals surface area contributed by atoms with Crippen LogP contribution < -0.4 is 5.32 Å². The molecule has 0 unspecified atom stereocenters. The van der Waals surface area contributed by atoms with E-state index >= 15 is 0 Å². The Morgan fingerprint density at radius 1 is 1.29 bits per heavy atom. The lowest BCUT2D eigenvalue weighted by Gasteiger charge is -2.32. The lowest BCUT2D eigenvalue weighted by atomic mass is 9.89. The molecule has 1 nitrogen and oxygen atoms in total. The van der Waals surface area contributed by atoms with E-state index in [0.29, 0.717) is 0 Å². The van der Waals surface area contributed by atoms with Gasteiger partial charge >= 0.3 is 0 Å². The molecular formula is C11H13ClFN. The third kappa shape index (κ3) is 1.91. The van der Waals surface area contributed by atoms with E-state index in [4.69, 9.17) is 11.6 Å². The maximum Gasteiger partial charge on any atom is 0.123 e. The second-order valence-electron chi connectivity index (χ2n) is 3.73. The molecular weight excluding hydrogens is 201 g/mol. The summed E-state index contributed by atoms with van der Waals surface area (Å²) >= 11 is 6.47. The van der Waals surface area contributed by atoms with Crippen molar-refractivity contribution in [2.24, 2.45) is 0 Å². The molecule has 1 fully saturated rings. The van der Waals surface area contributed by atoms with Crippen molar-refractivity contribution in [2.75, 3.05) is 13.1 Å². The van der Waals surface area contributed by atoms with Crippen molar-refractivity contribution in [1.29, 1.82) is 0 Å². The van der Waals surface area contributed by atoms with Gasteiger partial charge in [-0.2, -0.15) is 0 Å². The van der Waals surface area contributed by atoms with Gasteiger partial charge in [0, 0.05) is 0 Å². The molecule has 1 aliphatic heterocycles. The van der Waals surface area contributed by atoms with E-state index in [9.17, 15) is 4.39 Å². The van der Waals surface area contributed by atoms with E-state index in [2.05, 4.69) is 5.32 Å². The molecule has 0 spiro atoms. The Kier molecular flexibility index (Phi) is 2.75. The predicted octanol–water partition coefficient (Wildman–Crippen LogP) is 2.64. The molecule has 1 N–H and O–H groups in total. The smallest absolute Gasteiger partial charge is 0.123 e. The molecule has 0 radical (unpaired) electrons. The van der Waals surface area contributed by atoms with Crippen molar-refractivity contribution in [1.82, 2.24) is 5.32 Å². The number of piperidine rings is 1. The van der Waals surface area contributed by atoms with Crippen LogP contribution in [0.25, 0.3) is 0 Å². The molecule has 1 saturated heterocycles. The van der Waals surface area contributed by atoms with E-state index < -0.39 is 0 Å². The van der Waals surface area contributed by atoms with Crippen molar-refractivity contribution in [3.63, 3.8) is 0 Å². The average molecular weight is 214 g/mol. The van der Waals surface area contributed by atoms with Gasteiger partial charge in [-0.3, -0.25) is 0 Å². The quantitative estimate of drug-likeness (QED) is 0.708. The minimum Gasteiger partial charge on any atom is -0.317 e. The van der Waals surface area contributed by atoms with Gasteiger partial charge in [-0.05, 0) is 43.6 Å². The lowest BCUT2D eigenvalue weighted by Crippen LogP contribution is -2.35. The highest BCUT2D eigenvalue weighted by atomic mass is 35.5. The molecule has 1 aliphatic rings. The van der Waals surface area contributed by atoms with Crippen molar-refractivity contribution in [3.05, 3.63) is 35.6 Å². The van der Waals surface area contributed by atoms with Gasteiger partial charge in [0.05, 0.1) is 4.87 Å². The van der Waals surface area contributed by atoms with Gasteiger partial charge in [0.2, 0.25) is 0 Å². The largest absolute Gasteiger partial charge is 0.317 e. The first-order valence-corrected chi connectivity index (χ1v) is 5.24. The van der Waals surface area contributed by atoms with Crippen LogP contribution in [-0.4, -0.2) is 13.1 Å². The van der Waals surface area contributed by atoms with E-state index in [1.165, 1.54) is 6.07 Å². The minimum absolute atomic E-state index is 0.207. The fourth-order valence-corrected chi connectivity index (χ4v) is 2.19. The third-order valence-electron chi connectivity index (χ3n) is 2.74. The molecule has 1 aromatic carbocycles. The summed E-state index contributed by atoms with van der Waals surface area (Å²) in [7, 11) is 0. The highest BCUT2D eigenvalue weighted by Crippen LogP contribution is 2.37. The van der Waals surface area contributed by atoms with Gasteiger partial charge in [0.15, 0.2) is 0 Å². The zero-order chi connectivity index (χ0) is 10.0. The minimum atomic E-state index is -0.368. The number of alkyl halides is 1. The van der Waals surface area contributed by atoms with Crippen molar-refractivity contribution in [2.45, 2.75) is 17.7 Å². The zero-order valence-electron chi connectivity index (χ0n) is 7.89. The number of hydrogen-bond donors (Lipinski definition) is 1. The highest BCUT2D eigenvalue weighted by molar-refractivity contribution is 6.24. The summed E-state index contributed by atoms with van der Waals surface area (Å²) in [6, 6.07) is 6.61. The number of benzene rings is 1. The first-order valence-electron chi connectivity index (χ1n) is 4.86. The average Bonchev–Trinajstić information content (AvgIpc) is 2.19. The Morgan fingerprint density at radius 3 is 2.64 bits per heavy atom. The number of halogens is 2. The lowest BCUT2D eigenvalue weighted by molar-refractivity contribution is 0.414. The second-order valence-corrected chi connectivity index (χ2v) is 4.45. The fourth-order valence-electron chi connectivity index (χ4n) is 1.88.